The van der Waals surface area contributed by atoms with Gasteiger partial charge in [-0.05, 0) is 18.4 Å². The molecular weight excluding hydrogens is 196 g/mol. The van der Waals surface area contributed by atoms with Gasteiger partial charge >= 0.3 is 12.0 Å². The Balaban J connectivity index is 3.05. The van der Waals surface area contributed by atoms with Crippen LogP contribution in [0.3, 0.4) is 0 Å². The van der Waals surface area contributed by atoms with E-state index in [1.54, 1.807) is 0 Å². The Bertz CT molecular complexity index is 364. The number of aromatic carboxylic acids is 1. The van der Waals surface area contributed by atoms with Crippen molar-refractivity contribution in [2.24, 2.45) is 5.92 Å². The summed E-state index contributed by atoms with van der Waals surface area (Å²) in [5.41, 5.74) is 0.659. The number of carboxylic acids is 1. The van der Waals surface area contributed by atoms with Crippen molar-refractivity contribution in [2.75, 3.05) is 7.11 Å². The number of nitrogens with zero attached hydrogens (tertiary/aromatic N) is 2. The van der Waals surface area contributed by atoms with Crippen LogP contribution in [0.2, 0.25) is 0 Å². The fourth-order valence-electron chi connectivity index (χ4n) is 1.20. The first-order chi connectivity index (χ1) is 7.02. The predicted octanol–water partition coefficient (Wildman–Crippen LogP) is 1.38. The van der Waals surface area contributed by atoms with E-state index in [0.717, 1.165) is 0 Å². The summed E-state index contributed by atoms with van der Waals surface area (Å²) in [5, 5.41) is 8.82. The molecule has 0 fully saturated rings. The van der Waals surface area contributed by atoms with E-state index in [1.807, 2.05) is 13.8 Å². The number of aromatic nitrogens is 2. The topological polar surface area (TPSA) is 72.3 Å². The second-order valence-electron chi connectivity index (χ2n) is 3.63. The van der Waals surface area contributed by atoms with Crippen molar-refractivity contribution in [3.05, 3.63) is 17.5 Å². The quantitative estimate of drug-likeness (QED) is 0.812. The van der Waals surface area contributed by atoms with Crippen LogP contribution < -0.4 is 4.74 Å². The van der Waals surface area contributed by atoms with E-state index < -0.39 is 5.97 Å². The largest absolute Gasteiger partial charge is 0.477 e. The van der Waals surface area contributed by atoms with Gasteiger partial charge in [0.15, 0.2) is 5.69 Å². The van der Waals surface area contributed by atoms with Crippen molar-refractivity contribution in [3.63, 3.8) is 0 Å². The molecule has 0 radical (unpaired) electrons. The third-order valence-corrected chi connectivity index (χ3v) is 1.78. The highest BCUT2D eigenvalue weighted by Gasteiger charge is 2.11. The summed E-state index contributed by atoms with van der Waals surface area (Å²) in [7, 11) is 1.42. The maximum atomic E-state index is 10.8. The molecule has 0 aliphatic rings. The molecule has 15 heavy (non-hydrogen) atoms. The van der Waals surface area contributed by atoms with Crippen LogP contribution in [0, 0.1) is 5.92 Å². The summed E-state index contributed by atoms with van der Waals surface area (Å²) in [5.74, 6) is -0.660. The maximum Gasteiger partial charge on any atom is 0.354 e. The van der Waals surface area contributed by atoms with Crippen LogP contribution in [0.4, 0.5) is 0 Å². The highest BCUT2D eigenvalue weighted by Crippen LogP contribution is 2.11. The Morgan fingerprint density at radius 2 is 2.20 bits per heavy atom. The average Bonchev–Trinajstić information content (AvgIpc) is 2.16. The lowest BCUT2D eigenvalue weighted by Gasteiger charge is -2.06. The minimum atomic E-state index is -1.07. The van der Waals surface area contributed by atoms with Crippen LogP contribution in [0.5, 0.6) is 6.01 Å². The molecule has 0 saturated carbocycles. The Kier molecular flexibility index (Phi) is 3.60. The molecule has 1 aromatic heterocycles. The van der Waals surface area contributed by atoms with E-state index in [2.05, 4.69) is 9.97 Å². The predicted molar refractivity (Wildman–Crippen MR) is 54.1 cm³/mol. The molecule has 82 valence electrons. The van der Waals surface area contributed by atoms with E-state index in [1.165, 1.54) is 13.2 Å². The van der Waals surface area contributed by atoms with E-state index in [0.29, 0.717) is 18.0 Å². The third kappa shape index (κ3) is 3.19. The molecule has 0 aromatic carbocycles. The Morgan fingerprint density at radius 3 is 2.67 bits per heavy atom. The Labute approximate surface area is 88.1 Å². The highest BCUT2D eigenvalue weighted by molar-refractivity contribution is 5.85. The first-order valence-electron chi connectivity index (χ1n) is 4.68. The van der Waals surface area contributed by atoms with Gasteiger partial charge in [0.05, 0.1) is 7.11 Å². The van der Waals surface area contributed by atoms with Crippen molar-refractivity contribution in [2.45, 2.75) is 20.3 Å². The zero-order valence-electron chi connectivity index (χ0n) is 9.02. The van der Waals surface area contributed by atoms with Crippen LogP contribution in [0.1, 0.15) is 30.0 Å². The molecule has 0 aliphatic carbocycles. The van der Waals surface area contributed by atoms with Gasteiger partial charge in [-0.3, -0.25) is 0 Å². The van der Waals surface area contributed by atoms with Crippen molar-refractivity contribution < 1.29 is 14.6 Å². The summed E-state index contributed by atoms with van der Waals surface area (Å²) >= 11 is 0. The zero-order valence-corrected chi connectivity index (χ0v) is 9.02. The van der Waals surface area contributed by atoms with Gasteiger partial charge in [-0.1, -0.05) is 13.8 Å². The normalized spacial score (nSPS) is 10.4. The molecule has 5 heteroatoms. The van der Waals surface area contributed by atoms with E-state index in [-0.39, 0.29) is 11.7 Å². The van der Waals surface area contributed by atoms with Crippen LogP contribution in [-0.2, 0) is 6.42 Å². The summed E-state index contributed by atoms with van der Waals surface area (Å²) < 4.78 is 4.84. The summed E-state index contributed by atoms with van der Waals surface area (Å²) in [6.45, 7) is 4.07. The lowest BCUT2D eigenvalue weighted by molar-refractivity contribution is 0.0688. The Hall–Kier alpha value is -1.65. The molecular formula is C10H14N2O3. The van der Waals surface area contributed by atoms with E-state index in [4.69, 9.17) is 9.84 Å². The maximum absolute atomic E-state index is 10.8. The third-order valence-electron chi connectivity index (χ3n) is 1.78. The molecule has 5 nitrogen and oxygen atoms in total. The number of hydrogen-bond donors (Lipinski definition) is 1. The fourth-order valence-corrected chi connectivity index (χ4v) is 1.20. The van der Waals surface area contributed by atoms with Gasteiger partial charge in [-0.2, -0.15) is 4.98 Å². The Morgan fingerprint density at radius 1 is 1.53 bits per heavy atom. The highest BCUT2D eigenvalue weighted by atomic mass is 16.5. The number of rotatable bonds is 4. The van der Waals surface area contributed by atoms with Crippen molar-refractivity contribution in [1.29, 1.82) is 0 Å². The molecule has 0 spiro atoms. The number of ether oxygens (including phenoxy) is 1. The first kappa shape index (κ1) is 11.4. The zero-order chi connectivity index (χ0) is 11.4. The van der Waals surface area contributed by atoms with Gasteiger partial charge in [0.2, 0.25) is 0 Å². The summed E-state index contributed by atoms with van der Waals surface area (Å²) in [4.78, 5) is 18.6. The standard InChI is InChI=1S/C10H14N2O3/c1-6(2)4-7-5-8(9(13)14)12-10(11-7)15-3/h5-6H,4H2,1-3H3,(H,13,14). The minimum absolute atomic E-state index is 0.0301. The van der Waals surface area contributed by atoms with E-state index >= 15 is 0 Å². The molecule has 1 heterocycles. The van der Waals surface area contributed by atoms with Gasteiger partial charge < -0.3 is 9.84 Å². The summed E-state index contributed by atoms with van der Waals surface area (Å²) in [6.07, 6.45) is 0.708. The molecule has 1 rings (SSSR count). The number of carboxylic acid groups (broad SMARTS) is 1. The van der Waals surface area contributed by atoms with Crippen LogP contribution in [-0.4, -0.2) is 28.2 Å². The number of methoxy groups -OCH3 is 1. The fraction of sp³-hybridized carbons (Fsp3) is 0.500. The van der Waals surface area contributed by atoms with Crippen molar-refractivity contribution >= 4 is 5.97 Å². The van der Waals surface area contributed by atoms with Crippen LogP contribution in [0.25, 0.3) is 0 Å². The van der Waals surface area contributed by atoms with Crippen LogP contribution >= 0.6 is 0 Å². The van der Waals surface area contributed by atoms with Gasteiger partial charge in [0, 0.05) is 5.69 Å². The molecule has 0 aliphatic heterocycles. The van der Waals surface area contributed by atoms with Crippen molar-refractivity contribution in [1.82, 2.24) is 9.97 Å². The van der Waals surface area contributed by atoms with Crippen LogP contribution in [0.15, 0.2) is 6.07 Å². The smallest absolute Gasteiger partial charge is 0.354 e. The monoisotopic (exact) mass is 210 g/mol. The number of hydrogen-bond acceptors (Lipinski definition) is 4. The lowest BCUT2D eigenvalue weighted by atomic mass is 10.1. The summed E-state index contributed by atoms with van der Waals surface area (Å²) in [6, 6.07) is 1.58. The second-order valence-corrected chi connectivity index (χ2v) is 3.63. The molecule has 0 atom stereocenters. The molecule has 1 N–H and O–H groups in total. The van der Waals surface area contributed by atoms with E-state index in [9.17, 15) is 4.79 Å². The molecule has 1 aromatic rings. The van der Waals surface area contributed by atoms with Crippen molar-refractivity contribution in [3.8, 4) is 6.01 Å². The first-order valence-corrected chi connectivity index (χ1v) is 4.68. The molecule has 0 bridgehead atoms. The minimum Gasteiger partial charge on any atom is -0.477 e. The average molecular weight is 210 g/mol. The second kappa shape index (κ2) is 4.72. The molecule has 0 amide bonds. The molecule has 0 saturated heterocycles. The van der Waals surface area contributed by atoms with Gasteiger partial charge in [0.1, 0.15) is 0 Å². The number of carbonyl (C=O) groups is 1. The lowest BCUT2D eigenvalue weighted by Crippen LogP contribution is -2.07. The van der Waals surface area contributed by atoms with Gasteiger partial charge in [0.25, 0.3) is 0 Å². The van der Waals surface area contributed by atoms with Gasteiger partial charge in [-0.25, -0.2) is 9.78 Å². The van der Waals surface area contributed by atoms with Gasteiger partial charge in [-0.15, -0.1) is 0 Å². The SMILES string of the molecule is COc1nc(CC(C)C)cc(C(=O)O)n1. The molecule has 0 unspecified atom stereocenters.